The zero-order chi connectivity index (χ0) is 18.4. The SMILES string of the molecule is COc1ccc(CCNC(=O)C(C)(C)C(=O)N2CCCC(C)C2)cc1. The average Bonchev–Trinajstić information content (AvgIpc) is 2.61. The van der Waals surface area contributed by atoms with Gasteiger partial charge in [-0.1, -0.05) is 19.1 Å². The summed E-state index contributed by atoms with van der Waals surface area (Å²) in [5.74, 6) is 1.05. The number of carbonyl (C=O) groups is 2. The lowest BCUT2D eigenvalue weighted by Crippen LogP contribution is -2.52. The Morgan fingerprint density at radius 3 is 2.56 bits per heavy atom. The predicted molar refractivity (Wildman–Crippen MR) is 98.5 cm³/mol. The molecule has 0 spiro atoms. The largest absolute Gasteiger partial charge is 0.497 e. The summed E-state index contributed by atoms with van der Waals surface area (Å²) in [6.45, 7) is 7.61. The highest BCUT2D eigenvalue weighted by Gasteiger charge is 2.39. The second-order valence-electron chi connectivity index (χ2n) is 7.48. The molecule has 1 atom stereocenters. The summed E-state index contributed by atoms with van der Waals surface area (Å²) in [6, 6.07) is 7.77. The smallest absolute Gasteiger partial charge is 0.237 e. The minimum atomic E-state index is -1.03. The minimum Gasteiger partial charge on any atom is -0.497 e. The van der Waals surface area contributed by atoms with Gasteiger partial charge in [-0.25, -0.2) is 0 Å². The molecule has 25 heavy (non-hydrogen) atoms. The van der Waals surface area contributed by atoms with Gasteiger partial charge in [0, 0.05) is 19.6 Å². The molecule has 5 nitrogen and oxygen atoms in total. The molecule has 1 aromatic carbocycles. The van der Waals surface area contributed by atoms with Crippen molar-refractivity contribution in [1.29, 1.82) is 0 Å². The van der Waals surface area contributed by atoms with Crippen molar-refractivity contribution >= 4 is 11.8 Å². The van der Waals surface area contributed by atoms with Crippen LogP contribution in [0.25, 0.3) is 0 Å². The highest BCUT2D eigenvalue weighted by Crippen LogP contribution is 2.24. The maximum Gasteiger partial charge on any atom is 0.237 e. The van der Waals surface area contributed by atoms with Crippen LogP contribution in [0.1, 0.15) is 39.2 Å². The van der Waals surface area contributed by atoms with Crippen LogP contribution in [0.3, 0.4) is 0 Å². The van der Waals surface area contributed by atoms with Gasteiger partial charge in [-0.15, -0.1) is 0 Å². The summed E-state index contributed by atoms with van der Waals surface area (Å²) in [6.07, 6.45) is 2.89. The number of amides is 2. The van der Waals surface area contributed by atoms with Crippen molar-refractivity contribution in [2.45, 2.75) is 40.0 Å². The van der Waals surface area contributed by atoms with Gasteiger partial charge in [0.2, 0.25) is 11.8 Å². The van der Waals surface area contributed by atoms with Crippen molar-refractivity contribution in [3.05, 3.63) is 29.8 Å². The fraction of sp³-hybridized carbons (Fsp3) is 0.600. The molecular weight excluding hydrogens is 316 g/mol. The monoisotopic (exact) mass is 346 g/mol. The summed E-state index contributed by atoms with van der Waals surface area (Å²) in [7, 11) is 1.64. The van der Waals surface area contributed by atoms with Crippen molar-refractivity contribution < 1.29 is 14.3 Å². The van der Waals surface area contributed by atoms with Gasteiger partial charge in [0.1, 0.15) is 11.2 Å². The lowest BCUT2D eigenvalue weighted by Gasteiger charge is -2.36. The first kappa shape index (κ1) is 19.3. The number of hydrogen-bond acceptors (Lipinski definition) is 3. The number of rotatable bonds is 6. The standard InChI is InChI=1S/C20H30N2O3/c1-15-6-5-13-22(14-15)19(24)20(2,3)18(23)21-12-11-16-7-9-17(25-4)10-8-16/h7-10,15H,5-6,11-14H2,1-4H3,(H,21,23). The fourth-order valence-electron chi connectivity index (χ4n) is 3.20. The molecule has 1 aliphatic heterocycles. The Balaban J connectivity index is 1.86. The van der Waals surface area contributed by atoms with E-state index in [1.54, 1.807) is 21.0 Å². The molecular formula is C20H30N2O3. The molecule has 2 amide bonds. The first-order chi connectivity index (χ1) is 11.8. The highest BCUT2D eigenvalue weighted by atomic mass is 16.5. The van der Waals surface area contributed by atoms with E-state index in [1.165, 1.54) is 0 Å². The van der Waals surface area contributed by atoms with Gasteiger partial charge in [-0.3, -0.25) is 9.59 Å². The Morgan fingerprint density at radius 2 is 1.96 bits per heavy atom. The van der Waals surface area contributed by atoms with E-state index in [9.17, 15) is 9.59 Å². The third kappa shape index (κ3) is 4.97. The van der Waals surface area contributed by atoms with Gasteiger partial charge in [0.25, 0.3) is 0 Å². The molecule has 0 bridgehead atoms. The number of nitrogens with zero attached hydrogens (tertiary/aromatic N) is 1. The molecule has 1 heterocycles. The zero-order valence-electron chi connectivity index (χ0n) is 15.8. The topological polar surface area (TPSA) is 58.6 Å². The number of carbonyl (C=O) groups excluding carboxylic acids is 2. The van der Waals surface area contributed by atoms with E-state index in [1.807, 2.05) is 29.2 Å². The van der Waals surface area contributed by atoms with Crippen LogP contribution < -0.4 is 10.1 Å². The van der Waals surface area contributed by atoms with E-state index in [-0.39, 0.29) is 11.8 Å². The molecule has 1 aliphatic rings. The second-order valence-corrected chi connectivity index (χ2v) is 7.48. The summed E-state index contributed by atoms with van der Waals surface area (Å²) >= 11 is 0. The van der Waals surface area contributed by atoms with Gasteiger partial charge in [-0.2, -0.15) is 0 Å². The number of ether oxygens (including phenoxy) is 1. The molecule has 2 rings (SSSR count). The molecule has 0 radical (unpaired) electrons. The zero-order valence-corrected chi connectivity index (χ0v) is 15.8. The van der Waals surface area contributed by atoms with Crippen LogP contribution in [0.2, 0.25) is 0 Å². The van der Waals surface area contributed by atoms with Crippen LogP contribution >= 0.6 is 0 Å². The van der Waals surface area contributed by atoms with Crippen molar-refractivity contribution in [3.8, 4) is 5.75 Å². The van der Waals surface area contributed by atoms with Crippen molar-refractivity contribution in [3.63, 3.8) is 0 Å². The van der Waals surface area contributed by atoms with E-state index in [4.69, 9.17) is 4.74 Å². The fourth-order valence-corrected chi connectivity index (χ4v) is 3.20. The van der Waals surface area contributed by atoms with Gasteiger partial charge < -0.3 is 15.0 Å². The van der Waals surface area contributed by atoms with Crippen LogP contribution in [0.5, 0.6) is 5.75 Å². The van der Waals surface area contributed by atoms with Crippen LogP contribution in [0.4, 0.5) is 0 Å². The minimum absolute atomic E-state index is 0.0685. The van der Waals surface area contributed by atoms with Crippen molar-refractivity contribution in [2.24, 2.45) is 11.3 Å². The molecule has 5 heteroatoms. The normalized spacial score (nSPS) is 17.9. The third-order valence-electron chi connectivity index (χ3n) is 4.90. The Labute approximate surface area is 150 Å². The number of piperidine rings is 1. The Kier molecular flexibility index (Phi) is 6.45. The molecule has 0 aromatic heterocycles. The van der Waals surface area contributed by atoms with Crippen molar-refractivity contribution in [2.75, 3.05) is 26.7 Å². The molecule has 1 aromatic rings. The molecule has 1 fully saturated rings. The van der Waals surface area contributed by atoms with Crippen molar-refractivity contribution in [1.82, 2.24) is 10.2 Å². The summed E-state index contributed by atoms with van der Waals surface area (Å²) in [4.78, 5) is 27.1. The molecule has 0 aliphatic carbocycles. The van der Waals surface area contributed by atoms with E-state index in [0.717, 1.165) is 43.7 Å². The molecule has 138 valence electrons. The lowest BCUT2D eigenvalue weighted by atomic mass is 9.88. The quantitative estimate of drug-likeness (QED) is 0.806. The Bertz CT molecular complexity index is 595. The first-order valence-electron chi connectivity index (χ1n) is 9.05. The molecule has 0 saturated carbocycles. The van der Waals surface area contributed by atoms with E-state index < -0.39 is 5.41 Å². The lowest BCUT2D eigenvalue weighted by molar-refractivity contribution is -0.149. The van der Waals surface area contributed by atoms with Gasteiger partial charge in [0.15, 0.2) is 0 Å². The number of likely N-dealkylation sites (tertiary alicyclic amines) is 1. The van der Waals surface area contributed by atoms with E-state index in [2.05, 4.69) is 12.2 Å². The number of methoxy groups -OCH3 is 1. The maximum absolute atomic E-state index is 12.8. The summed E-state index contributed by atoms with van der Waals surface area (Å²) in [5.41, 5.74) is 0.0897. The first-order valence-corrected chi connectivity index (χ1v) is 9.05. The number of nitrogens with one attached hydrogen (secondary N) is 1. The van der Waals surface area contributed by atoms with Gasteiger partial charge >= 0.3 is 0 Å². The average molecular weight is 346 g/mol. The van der Waals surface area contributed by atoms with E-state index >= 15 is 0 Å². The van der Waals surface area contributed by atoms with Crippen LogP contribution in [-0.4, -0.2) is 43.5 Å². The maximum atomic E-state index is 12.8. The number of hydrogen-bond donors (Lipinski definition) is 1. The predicted octanol–water partition coefficient (Wildman–Crippen LogP) is 2.64. The van der Waals surface area contributed by atoms with Crippen LogP contribution in [-0.2, 0) is 16.0 Å². The summed E-state index contributed by atoms with van der Waals surface area (Å²) < 4.78 is 5.14. The Hall–Kier alpha value is -2.04. The van der Waals surface area contributed by atoms with E-state index in [0.29, 0.717) is 12.5 Å². The Morgan fingerprint density at radius 1 is 1.28 bits per heavy atom. The highest BCUT2D eigenvalue weighted by molar-refractivity contribution is 6.04. The molecule has 1 saturated heterocycles. The van der Waals surface area contributed by atoms with Gasteiger partial charge in [-0.05, 0) is 56.7 Å². The number of benzene rings is 1. The van der Waals surface area contributed by atoms with Crippen LogP contribution in [0, 0.1) is 11.3 Å². The van der Waals surface area contributed by atoms with Gasteiger partial charge in [0.05, 0.1) is 7.11 Å². The molecule has 1 N–H and O–H groups in total. The second kappa shape index (κ2) is 8.37. The van der Waals surface area contributed by atoms with Crippen LogP contribution in [0.15, 0.2) is 24.3 Å². The summed E-state index contributed by atoms with van der Waals surface area (Å²) in [5, 5.41) is 2.91. The molecule has 1 unspecified atom stereocenters. The third-order valence-corrected chi connectivity index (χ3v) is 4.90.